The van der Waals surface area contributed by atoms with E-state index in [1.165, 1.54) is 4.90 Å². The lowest BCUT2D eigenvalue weighted by atomic mass is 9.87. The molecule has 7 heteroatoms. The molecule has 2 aromatic rings. The predicted molar refractivity (Wildman–Crippen MR) is 123 cm³/mol. The number of likely N-dealkylation sites (tertiary alicyclic amines) is 1. The van der Waals surface area contributed by atoms with Gasteiger partial charge in [-0.3, -0.25) is 9.69 Å². The quantitative estimate of drug-likeness (QED) is 0.704. The van der Waals surface area contributed by atoms with Crippen molar-refractivity contribution in [1.82, 2.24) is 10.2 Å². The van der Waals surface area contributed by atoms with Crippen molar-refractivity contribution in [1.29, 1.82) is 0 Å². The highest BCUT2D eigenvalue weighted by molar-refractivity contribution is 5.81. The Kier molecular flexibility index (Phi) is 6.40. The number of ether oxygens (including phenoxy) is 2. The largest absolute Gasteiger partial charge is 0.457 e. The summed E-state index contributed by atoms with van der Waals surface area (Å²) < 4.78 is 11.5. The van der Waals surface area contributed by atoms with Gasteiger partial charge in [-0.2, -0.15) is 0 Å². The summed E-state index contributed by atoms with van der Waals surface area (Å²) in [6, 6.07) is 15.1. The van der Waals surface area contributed by atoms with E-state index in [9.17, 15) is 14.4 Å². The molecule has 7 nitrogen and oxygen atoms in total. The van der Waals surface area contributed by atoms with Crippen molar-refractivity contribution >= 4 is 18.3 Å². The topological polar surface area (TPSA) is 84.9 Å². The second-order valence-electron chi connectivity index (χ2n) is 9.59. The number of hydrogen-bond donors (Lipinski definition) is 1. The Morgan fingerprint density at radius 3 is 2.24 bits per heavy atom. The van der Waals surface area contributed by atoms with Gasteiger partial charge >= 0.3 is 6.09 Å². The minimum Gasteiger partial charge on any atom is -0.457 e. The van der Waals surface area contributed by atoms with Crippen LogP contribution >= 0.6 is 0 Å². The van der Waals surface area contributed by atoms with E-state index in [-0.39, 0.29) is 18.4 Å². The van der Waals surface area contributed by atoms with E-state index < -0.39 is 23.7 Å². The molecule has 1 saturated heterocycles. The number of rotatable bonds is 4. The molecule has 1 N–H and O–H groups in total. The van der Waals surface area contributed by atoms with E-state index in [1.807, 2.05) is 48.5 Å². The maximum atomic E-state index is 13.1. The number of amides is 2. The van der Waals surface area contributed by atoms with Gasteiger partial charge in [0.2, 0.25) is 5.91 Å². The normalized spacial score (nSPS) is 20.2. The molecule has 2 aromatic carbocycles. The number of carbonyl (C=O) groups is 3. The molecule has 0 aromatic heterocycles. The SMILES string of the molecule is CC(C)(C)OC(=O)N1CC(C(=O)NCC2c3ccccc3Oc3ccccc32)CCC1C=O. The lowest BCUT2D eigenvalue weighted by Crippen LogP contribution is -2.52. The van der Waals surface area contributed by atoms with Crippen LogP contribution in [0.1, 0.15) is 50.7 Å². The van der Waals surface area contributed by atoms with Crippen LogP contribution in [-0.4, -0.2) is 47.9 Å². The molecule has 2 heterocycles. The second kappa shape index (κ2) is 9.25. The summed E-state index contributed by atoms with van der Waals surface area (Å²) in [5, 5.41) is 3.08. The number of piperidine rings is 1. The average molecular weight is 451 g/mol. The van der Waals surface area contributed by atoms with E-state index >= 15 is 0 Å². The van der Waals surface area contributed by atoms with Crippen LogP contribution < -0.4 is 10.1 Å². The van der Waals surface area contributed by atoms with Gasteiger partial charge in [0.05, 0.1) is 12.0 Å². The first-order chi connectivity index (χ1) is 15.8. The average Bonchev–Trinajstić information content (AvgIpc) is 2.80. The minimum atomic E-state index is -0.677. The fourth-order valence-corrected chi connectivity index (χ4v) is 4.45. The number of fused-ring (bicyclic) bond motifs is 2. The smallest absolute Gasteiger partial charge is 0.410 e. The Morgan fingerprint density at radius 1 is 1.06 bits per heavy atom. The fraction of sp³-hybridized carbons (Fsp3) is 0.423. The van der Waals surface area contributed by atoms with Crippen LogP contribution in [0.4, 0.5) is 4.79 Å². The van der Waals surface area contributed by atoms with Crippen LogP contribution in [0.3, 0.4) is 0 Å². The lowest BCUT2D eigenvalue weighted by molar-refractivity contribution is -0.128. The number of aldehydes is 1. The minimum absolute atomic E-state index is 0.0385. The molecule has 0 bridgehead atoms. The van der Waals surface area contributed by atoms with Crippen molar-refractivity contribution in [3.05, 3.63) is 59.7 Å². The first kappa shape index (κ1) is 22.8. The zero-order valence-corrected chi connectivity index (χ0v) is 19.2. The van der Waals surface area contributed by atoms with E-state index in [1.54, 1.807) is 20.8 Å². The standard InChI is InChI=1S/C26H30N2O5/c1-26(2,3)33-25(31)28-15-17(12-13-18(28)16-29)24(30)27-14-21-19-8-4-6-10-22(19)32-23-11-7-5-9-20(21)23/h4-11,16-18,21H,12-15H2,1-3H3,(H,27,30). The molecule has 4 rings (SSSR count). The molecule has 0 saturated carbocycles. The first-order valence-electron chi connectivity index (χ1n) is 11.3. The van der Waals surface area contributed by atoms with Crippen molar-refractivity contribution in [2.45, 2.75) is 51.2 Å². The molecule has 0 aliphatic carbocycles. The Bertz CT molecular complexity index is 999. The molecule has 2 amide bonds. The lowest BCUT2D eigenvalue weighted by Gasteiger charge is -2.37. The molecule has 0 spiro atoms. The molecule has 2 unspecified atom stereocenters. The number of para-hydroxylation sites is 2. The van der Waals surface area contributed by atoms with E-state index in [4.69, 9.17) is 9.47 Å². The highest BCUT2D eigenvalue weighted by Crippen LogP contribution is 2.43. The van der Waals surface area contributed by atoms with Crippen LogP contribution in [0.2, 0.25) is 0 Å². The van der Waals surface area contributed by atoms with Crippen LogP contribution in [-0.2, 0) is 14.3 Å². The third-order valence-corrected chi connectivity index (χ3v) is 6.07. The molecule has 33 heavy (non-hydrogen) atoms. The van der Waals surface area contributed by atoms with E-state index in [0.29, 0.717) is 19.4 Å². The molecule has 2 aliphatic rings. The highest BCUT2D eigenvalue weighted by Gasteiger charge is 2.37. The molecule has 0 radical (unpaired) electrons. The Hall–Kier alpha value is -3.35. The second-order valence-corrected chi connectivity index (χ2v) is 9.59. The van der Waals surface area contributed by atoms with Crippen molar-refractivity contribution in [2.24, 2.45) is 5.92 Å². The summed E-state index contributed by atoms with van der Waals surface area (Å²) in [5.41, 5.74) is 1.37. The molecular weight excluding hydrogens is 420 g/mol. The van der Waals surface area contributed by atoms with Gasteiger partial charge in [-0.1, -0.05) is 36.4 Å². The van der Waals surface area contributed by atoms with Gasteiger partial charge in [0, 0.05) is 30.1 Å². The molecule has 174 valence electrons. The Morgan fingerprint density at radius 2 is 1.67 bits per heavy atom. The summed E-state index contributed by atoms with van der Waals surface area (Å²) in [6.07, 6.45) is 1.16. The third-order valence-electron chi connectivity index (χ3n) is 6.07. The van der Waals surface area contributed by atoms with Crippen molar-refractivity contribution in [3.8, 4) is 11.5 Å². The summed E-state index contributed by atoms with van der Waals surface area (Å²) in [6.45, 7) is 5.90. The maximum absolute atomic E-state index is 13.1. The Balaban J connectivity index is 1.46. The zero-order valence-electron chi connectivity index (χ0n) is 19.2. The van der Waals surface area contributed by atoms with Gasteiger partial charge < -0.3 is 19.6 Å². The summed E-state index contributed by atoms with van der Waals surface area (Å²) in [5.74, 6) is 1.01. The monoisotopic (exact) mass is 450 g/mol. The highest BCUT2D eigenvalue weighted by atomic mass is 16.6. The number of nitrogens with one attached hydrogen (secondary N) is 1. The number of nitrogens with zero attached hydrogens (tertiary/aromatic N) is 1. The van der Waals surface area contributed by atoms with Gasteiger partial charge in [0.25, 0.3) is 0 Å². The van der Waals surface area contributed by atoms with Crippen molar-refractivity contribution < 1.29 is 23.9 Å². The number of carbonyl (C=O) groups excluding carboxylic acids is 3. The van der Waals surface area contributed by atoms with Crippen LogP contribution in [0.15, 0.2) is 48.5 Å². The molecule has 1 fully saturated rings. The summed E-state index contributed by atoms with van der Waals surface area (Å²) in [4.78, 5) is 38.6. The fourth-order valence-electron chi connectivity index (χ4n) is 4.45. The van der Waals surface area contributed by atoms with Crippen LogP contribution in [0, 0.1) is 5.92 Å². The Labute approximate surface area is 194 Å². The first-order valence-corrected chi connectivity index (χ1v) is 11.3. The molecular formula is C26H30N2O5. The molecule has 2 atom stereocenters. The van der Waals surface area contributed by atoms with Crippen LogP contribution in [0.5, 0.6) is 11.5 Å². The summed E-state index contributed by atoms with van der Waals surface area (Å²) in [7, 11) is 0. The summed E-state index contributed by atoms with van der Waals surface area (Å²) >= 11 is 0. The van der Waals surface area contributed by atoms with Gasteiger partial charge in [-0.25, -0.2) is 4.79 Å². The zero-order chi connectivity index (χ0) is 23.6. The van der Waals surface area contributed by atoms with Crippen LogP contribution in [0.25, 0.3) is 0 Å². The predicted octanol–water partition coefficient (Wildman–Crippen LogP) is 4.26. The van der Waals surface area contributed by atoms with Gasteiger partial charge in [-0.05, 0) is 45.7 Å². The molecule has 2 aliphatic heterocycles. The van der Waals surface area contributed by atoms with Crippen molar-refractivity contribution in [3.63, 3.8) is 0 Å². The van der Waals surface area contributed by atoms with Gasteiger partial charge in [0.15, 0.2) is 0 Å². The van der Waals surface area contributed by atoms with Gasteiger partial charge in [-0.15, -0.1) is 0 Å². The van der Waals surface area contributed by atoms with Crippen molar-refractivity contribution in [2.75, 3.05) is 13.1 Å². The van der Waals surface area contributed by atoms with E-state index in [0.717, 1.165) is 28.9 Å². The van der Waals surface area contributed by atoms with Gasteiger partial charge in [0.1, 0.15) is 23.4 Å². The third kappa shape index (κ3) is 5.02. The number of benzene rings is 2. The number of hydrogen-bond acceptors (Lipinski definition) is 5. The van der Waals surface area contributed by atoms with E-state index in [2.05, 4.69) is 5.32 Å². The maximum Gasteiger partial charge on any atom is 0.410 e.